The summed E-state index contributed by atoms with van der Waals surface area (Å²) in [5.74, 6) is 0.904. The molecule has 2 rings (SSSR count). The summed E-state index contributed by atoms with van der Waals surface area (Å²) < 4.78 is 48.1. The van der Waals surface area contributed by atoms with Gasteiger partial charge in [-0.2, -0.15) is 13.2 Å². The molecule has 0 saturated heterocycles. The first kappa shape index (κ1) is 14.8. The highest BCUT2D eigenvalue weighted by molar-refractivity contribution is 9.09. The van der Waals surface area contributed by atoms with Crippen LogP contribution in [0.5, 0.6) is 11.5 Å². The van der Waals surface area contributed by atoms with Gasteiger partial charge in [0.2, 0.25) is 0 Å². The molecule has 1 aliphatic heterocycles. The van der Waals surface area contributed by atoms with Gasteiger partial charge in [0.1, 0.15) is 0 Å². The molecule has 7 heteroatoms. The van der Waals surface area contributed by atoms with Crippen molar-refractivity contribution >= 4 is 27.5 Å². The molecule has 1 heterocycles. The Morgan fingerprint density at radius 1 is 1.21 bits per heavy atom. The maximum atomic E-state index is 12.4. The lowest BCUT2D eigenvalue weighted by Gasteiger charge is -2.16. The van der Waals surface area contributed by atoms with Gasteiger partial charge in [0.25, 0.3) is 0 Å². The number of ether oxygens (including phenoxy) is 2. The standard InChI is InChI=1S/C12H11BrClF3O2/c13-8(6-12(15,16)17)7-4-10-11(5-9(7)14)19-3-1-2-18-10/h4-5,8H,1-3,6H2. The Hall–Kier alpha value is -0.620. The molecule has 1 unspecified atom stereocenters. The quantitative estimate of drug-likeness (QED) is 0.700. The Kier molecular flexibility index (Phi) is 4.50. The molecule has 0 N–H and O–H groups in total. The van der Waals surface area contributed by atoms with Crippen LogP contribution in [0, 0.1) is 0 Å². The monoisotopic (exact) mass is 358 g/mol. The third-order valence-corrected chi connectivity index (χ3v) is 3.76. The summed E-state index contributed by atoms with van der Waals surface area (Å²) in [6, 6.07) is 3.01. The first-order valence-electron chi connectivity index (χ1n) is 5.66. The summed E-state index contributed by atoms with van der Waals surface area (Å²) in [4.78, 5) is -0.905. The van der Waals surface area contributed by atoms with Crippen LogP contribution < -0.4 is 9.47 Å². The molecule has 0 amide bonds. The van der Waals surface area contributed by atoms with Crippen molar-refractivity contribution in [1.29, 1.82) is 0 Å². The minimum atomic E-state index is -4.26. The molecular weight excluding hydrogens is 348 g/mol. The summed E-state index contributed by atoms with van der Waals surface area (Å²) >= 11 is 9.02. The maximum Gasteiger partial charge on any atom is 0.390 e. The Bertz CT molecular complexity index is 465. The number of fused-ring (bicyclic) bond motifs is 1. The van der Waals surface area contributed by atoms with Gasteiger partial charge in [-0.25, -0.2) is 0 Å². The van der Waals surface area contributed by atoms with Crippen LogP contribution in [0.1, 0.15) is 23.2 Å². The summed E-state index contributed by atoms with van der Waals surface area (Å²) in [5, 5.41) is 0.232. The first-order valence-corrected chi connectivity index (χ1v) is 6.96. The van der Waals surface area contributed by atoms with E-state index in [1.165, 1.54) is 12.1 Å². The predicted molar refractivity (Wildman–Crippen MR) is 69.4 cm³/mol. The van der Waals surface area contributed by atoms with E-state index in [2.05, 4.69) is 15.9 Å². The topological polar surface area (TPSA) is 18.5 Å². The summed E-state index contributed by atoms with van der Waals surface area (Å²) in [5.41, 5.74) is 0.350. The Morgan fingerprint density at radius 2 is 1.79 bits per heavy atom. The van der Waals surface area contributed by atoms with E-state index in [1.54, 1.807) is 0 Å². The Balaban J connectivity index is 2.28. The summed E-state index contributed by atoms with van der Waals surface area (Å²) in [6.07, 6.45) is -4.53. The number of rotatable bonds is 2. The highest BCUT2D eigenvalue weighted by atomic mass is 79.9. The molecule has 2 nitrogen and oxygen atoms in total. The molecule has 0 bridgehead atoms. The van der Waals surface area contributed by atoms with Crippen LogP contribution in [0.4, 0.5) is 13.2 Å². The van der Waals surface area contributed by atoms with E-state index in [1.807, 2.05) is 0 Å². The summed E-state index contributed by atoms with van der Waals surface area (Å²) in [6.45, 7) is 0.975. The van der Waals surface area contributed by atoms with Gasteiger partial charge < -0.3 is 9.47 Å². The molecule has 1 aromatic rings. The smallest absolute Gasteiger partial charge is 0.390 e. The second kappa shape index (κ2) is 5.79. The van der Waals surface area contributed by atoms with Gasteiger partial charge in [0.15, 0.2) is 11.5 Å². The lowest BCUT2D eigenvalue weighted by Crippen LogP contribution is -2.11. The Morgan fingerprint density at radius 3 is 2.37 bits per heavy atom. The molecule has 0 aliphatic carbocycles. The lowest BCUT2D eigenvalue weighted by atomic mass is 10.1. The Labute approximate surface area is 122 Å². The second-order valence-electron chi connectivity index (χ2n) is 4.16. The fourth-order valence-corrected chi connectivity index (χ4v) is 2.92. The number of alkyl halides is 4. The van der Waals surface area contributed by atoms with Crippen molar-refractivity contribution in [2.24, 2.45) is 0 Å². The third-order valence-electron chi connectivity index (χ3n) is 2.61. The zero-order chi connectivity index (χ0) is 14.0. The maximum absolute atomic E-state index is 12.4. The minimum absolute atomic E-state index is 0.232. The van der Waals surface area contributed by atoms with Crippen LogP contribution in [0.25, 0.3) is 0 Å². The van der Waals surface area contributed by atoms with Crippen LogP contribution in [0.3, 0.4) is 0 Å². The van der Waals surface area contributed by atoms with Crippen molar-refractivity contribution in [2.45, 2.75) is 23.8 Å². The van der Waals surface area contributed by atoms with Crippen LogP contribution >= 0.6 is 27.5 Å². The van der Waals surface area contributed by atoms with Crippen molar-refractivity contribution < 1.29 is 22.6 Å². The van der Waals surface area contributed by atoms with Gasteiger partial charge in [-0.05, 0) is 11.6 Å². The fraction of sp³-hybridized carbons (Fsp3) is 0.500. The predicted octanol–water partition coefficient (Wildman–Crippen LogP) is 4.89. The number of halogens is 5. The van der Waals surface area contributed by atoms with Crippen LogP contribution in [0.15, 0.2) is 12.1 Å². The van der Waals surface area contributed by atoms with E-state index < -0.39 is 17.4 Å². The van der Waals surface area contributed by atoms with Crippen molar-refractivity contribution in [3.8, 4) is 11.5 Å². The van der Waals surface area contributed by atoms with Crippen LogP contribution in [-0.2, 0) is 0 Å². The third kappa shape index (κ3) is 3.92. The van der Waals surface area contributed by atoms with Gasteiger partial charge in [-0.1, -0.05) is 27.5 Å². The van der Waals surface area contributed by atoms with E-state index in [4.69, 9.17) is 21.1 Å². The second-order valence-corrected chi connectivity index (χ2v) is 5.67. The molecule has 19 heavy (non-hydrogen) atoms. The average molecular weight is 360 g/mol. The van der Waals surface area contributed by atoms with E-state index in [0.29, 0.717) is 30.3 Å². The van der Waals surface area contributed by atoms with E-state index in [0.717, 1.165) is 6.42 Å². The van der Waals surface area contributed by atoms with E-state index in [9.17, 15) is 13.2 Å². The van der Waals surface area contributed by atoms with Crippen molar-refractivity contribution in [3.63, 3.8) is 0 Å². The fourth-order valence-electron chi connectivity index (χ4n) is 1.75. The normalized spacial score (nSPS) is 16.9. The minimum Gasteiger partial charge on any atom is -0.490 e. The van der Waals surface area contributed by atoms with Gasteiger partial charge in [0.05, 0.1) is 19.6 Å². The van der Waals surface area contributed by atoms with Crippen molar-refractivity contribution in [2.75, 3.05) is 13.2 Å². The van der Waals surface area contributed by atoms with Gasteiger partial charge >= 0.3 is 6.18 Å². The molecule has 0 spiro atoms. The molecule has 1 aromatic carbocycles. The molecule has 0 saturated carbocycles. The summed E-state index contributed by atoms with van der Waals surface area (Å²) in [7, 11) is 0. The number of hydrogen-bond donors (Lipinski definition) is 0. The van der Waals surface area contributed by atoms with Gasteiger partial charge in [-0.15, -0.1) is 0 Å². The molecule has 0 fully saturated rings. The highest BCUT2D eigenvalue weighted by Gasteiger charge is 2.32. The average Bonchev–Trinajstić information content (AvgIpc) is 2.50. The van der Waals surface area contributed by atoms with E-state index >= 15 is 0 Å². The molecule has 0 aromatic heterocycles. The van der Waals surface area contributed by atoms with E-state index in [-0.39, 0.29) is 5.02 Å². The zero-order valence-electron chi connectivity index (χ0n) is 9.77. The molecule has 106 valence electrons. The molecule has 1 atom stereocenters. The first-order chi connectivity index (χ1) is 8.87. The molecule has 1 aliphatic rings. The van der Waals surface area contributed by atoms with Crippen molar-refractivity contribution in [3.05, 3.63) is 22.7 Å². The van der Waals surface area contributed by atoms with Gasteiger partial charge in [0, 0.05) is 22.3 Å². The SMILES string of the molecule is FC(F)(F)CC(Br)c1cc2c(cc1Cl)OCCCO2. The lowest BCUT2D eigenvalue weighted by molar-refractivity contribution is -0.134. The highest BCUT2D eigenvalue weighted by Crippen LogP contribution is 2.43. The number of benzene rings is 1. The van der Waals surface area contributed by atoms with Crippen LogP contribution in [-0.4, -0.2) is 19.4 Å². The van der Waals surface area contributed by atoms with Gasteiger partial charge in [-0.3, -0.25) is 0 Å². The number of hydrogen-bond acceptors (Lipinski definition) is 2. The van der Waals surface area contributed by atoms with Crippen molar-refractivity contribution in [1.82, 2.24) is 0 Å². The molecular formula is C12H11BrClF3O2. The largest absolute Gasteiger partial charge is 0.490 e. The van der Waals surface area contributed by atoms with Crippen LogP contribution in [0.2, 0.25) is 5.02 Å². The molecule has 0 radical (unpaired) electrons. The zero-order valence-corrected chi connectivity index (χ0v) is 12.1.